The first-order valence-corrected chi connectivity index (χ1v) is 9.60. The third-order valence-electron chi connectivity index (χ3n) is 4.34. The van der Waals surface area contributed by atoms with Crippen LogP contribution in [-0.2, 0) is 4.79 Å². The van der Waals surface area contributed by atoms with E-state index in [-0.39, 0.29) is 17.9 Å². The standard InChI is InChI=1S/C23H28N2O4/c1-5-14-29-20-12-11-19(15-21(20)28-4)16(2)25-22(26)13-8-17-6-9-18(10-7-17)23(27)24-3/h6-13,15-16H,5,14H2,1-4H3,(H,24,27)(H,25,26)/b13-8+. The molecule has 0 heterocycles. The molecule has 2 aromatic rings. The van der Waals surface area contributed by atoms with Crippen molar-refractivity contribution in [3.05, 3.63) is 65.2 Å². The third kappa shape index (κ3) is 6.38. The maximum Gasteiger partial charge on any atom is 0.251 e. The summed E-state index contributed by atoms with van der Waals surface area (Å²) in [6.07, 6.45) is 4.09. The highest BCUT2D eigenvalue weighted by Crippen LogP contribution is 2.30. The second-order valence-electron chi connectivity index (χ2n) is 6.52. The number of rotatable bonds is 9. The highest BCUT2D eigenvalue weighted by molar-refractivity contribution is 5.94. The molecule has 0 spiro atoms. The zero-order valence-electron chi connectivity index (χ0n) is 17.3. The summed E-state index contributed by atoms with van der Waals surface area (Å²) in [4.78, 5) is 23.8. The van der Waals surface area contributed by atoms with E-state index < -0.39 is 0 Å². The SMILES string of the molecule is CCCOc1ccc(C(C)NC(=O)/C=C/c2ccc(C(=O)NC)cc2)cc1OC. The summed E-state index contributed by atoms with van der Waals surface area (Å²) < 4.78 is 11.1. The number of ether oxygens (including phenoxy) is 2. The third-order valence-corrected chi connectivity index (χ3v) is 4.34. The van der Waals surface area contributed by atoms with Gasteiger partial charge in [0.1, 0.15) is 0 Å². The predicted octanol–water partition coefficient (Wildman–Crippen LogP) is 3.73. The Bertz CT molecular complexity index is 860. The van der Waals surface area contributed by atoms with Crippen LogP contribution in [0.3, 0.4) is 0 Å². The van der Waals surface area contributed by atoms with Crippen LogP contribution in [0.15, 0.2) is 48.5 Å². The molecule has 6 nitrogen and oxygen atoms in total. The lowest BCUT2D eigenvalue weighted by molar-refractivity contribution is -0.117. The number of carbonyl (C=O) groups is 2. The van der Waals surface area contributed by atoms with Gasteiger partial charge in [-0.2, -0.15) is 0 Å². The first kappa shape index (κ1) is 22.0. The van der Waals surface area contributed by atoms with Gasteiger partial charge in [0.25, 0.3) is 5.91 Å². The number of hydrogen-bond acceptors (Lipinski definition) is 4. The highest BCUT2D eigenvalue weighted by atomic mass is 16.5. The van der Waals surface area contributed by atoms with Crippen molar-refractivity contribution in [3.63, 3.8) is 0 Å². The number of hydrogen-bond donors (Lipinski definition) is 2. The van der Waals surface area contributed by atoms with Crippen LogP contribution in [0.25, 0.3) is 6.08 Å². The quantitative estimate of drug-likeness (QED) is 0.633. The second-order valence-corrected chi connectivity index (χ2v) is 6.52. The van der Waals surface area contributed by atoms with Crippen LogP contribution in [0.2, 0.25) is 0 Å². The van der Waals surface area contributed by atoms with Gasteiger partial charge in [-0.25, -0.2) is 0 Å². The van der Waals surface area contributed by atoms with Crippen LogP contribution in [-0.4, -0.2) is 32.6 Å². The first-order valence-electron chi connectivity index (χ1n) is 9.60. The molecule has 0 saturated heterocycles. The minimum Gasteiger partial charge on any atom is -0.493 e. The van der Waals surface area contributed by atoms with Gasteiger partial charge < -0.3 is 20.1 Å². The van der Waals surface area contributed by atoms with Crippen LogP contribution >= 0.6 is 0 Å². The molecular formula is C23H28N2O4. The fourth-order valence-corrected chi connectivity index (χ4v) is 2.69. The molecule has 1 unspecified atom stereocenters. The average Bonchev–Trinajstić information content (AvgIpc) is 2.75. The Balaban J connectivity index is 1.99. The maximum absolute atomic E-state index is 12.3. The van der Waals surface area contributed by atoms with Crippen LogP contribution < -0.4 is 20.1 Å². The fourth-order valence-electron chi connectivity index (χ4n) is 2.69. The molecule has 0 bridgehead atoms. The van der Waals surface area contributed by atoms with E-state index in [2.05, 4.69) is 10.6 Å². The first-order chi connectivity index (χ1) is 14.0. The van der Waals surface area contributed by atoms with Gasteiger partial charge in [-0.15, -0.1) is 0 Å². The molecule has 0 aromatic heterocycles. The highest BCUT2D eigenvalue weighted by Gasteiger charge is 2.12. The van der Waals surface area contributed by atoms with E-state index in [0.717, 1.165) is 17.5 Å². The zero-order valence-corrected chi connectivity index (χ0v) is 17.3. The summed E-state index contributed by atoms with van der Waals surface area (Å²) in [6, 6.07) is 12.5. The summed E-state index contributed by atoms with van der Waals surface area (Å²) in [5.41, 5.74) is 2.32. The Morgan fingerprint density at radius 3 is 2.45 bits per heavy atom. The van der Waals surface area contributed by atoms with Crippen molar-refractivity contribution in [3.8, 4) is 11.5 Å². The van der Waals surface area contributed by atoms with E-state index in [4.69, 9.17) is 9.47 Å². The second kappa shape index (κ2) is 10.9. The maximum atomic E-state index is 12.3. The molecule has 0 fully saturated rings. The normalized spacial score (nSPS) is 11.7. The lowest BCUT2D eigenvalue weighted by Crippen LogP contribution is -2.24. The smallest absolute Gasteiger partial charge is 0.251 e. The molecule has 0 radical (unpaired) electrons. The number of nitrogens with one attached hydrogen (secondary N) is 2. The molecule has 1 atom stereocenters. The number of benzene rings is 2. The predicted molar refractivity (Wildman–Crippen MR) is 114 cm³/mol. The molecule has 2 aromatic carbocycles. The lowest BCUT2D eigenvalue weighted by atomic mass is 10.1. The summed E-state index contributed by atoms with van der Waals surface area (Å²) in [5, 5.41) is 5.50. The van der Waals surface area contributed by atoms with Crippen molar-refractivity contribution in [1.29, 1.82) is 0 Å². The Morgan fingerprint density at radius 2 is 1.83 bits per heavy atom. The molecule has 0 aliphatic heterocycles. The summed E-state index contributed by atoms with van der Waals surface area (Å²) in [7, 11) is 3.18. The molecule has 2 amide bonds. The van der Waals surface area contributed by atoms with Gasteiger partial charge in [0, 0.05) is 18.7 Å². The molecule has 29 heavy (non-hydrogen) atoms. The summed E-state index contributed by atoms with van der Waals surface area (Å²) in [5.74, 6) is 0.979. The van der Waals surface area contributed by atoms with Crippen molar-refractivity contribution in [1.82, 2.24) is 10.6 Å². The van der Waals surface area contributed by atoms with Gasteiger partial charge in [0.15, 0.2) is 11.5 Å². The van der Waals surface area contributed by atoms with E-state index in [1.807, 2.05) is 32.0 Å². The van der Waals surface area contributed by atoms with Gasteiger partial charge in [-0.1, -0.05) is 25.1 Å². The average molecular weight is 396 g/mol. The lowest BCUT2D eigenvalue weighted by Gasteiger charge is -2.16. The molecule has 0 aliphatic rings. The summed E-state index contributed by atoms with van der Waals surface area (Å²) >= 11 is 0. The van der Waals surface area contributed by atoms with Gasteiger partial charge in [-0.05, 0) is 54.8 Å². The van der Waals surface area contributed by atoms with Crippen LogP contribution in [0, 0.1) is 0 Å². The zero-order chi connectivity index (χ0) is 21.2. The molecule has 2 N–H and O–H groups in total. The van der Waals surface area contributed by atoms with Crippen LogP contribution in [0.4, 0.5) is 0 Å². The van der Waals surface area contributed by atoms with Crippen molar-refractivity contribution >= 4 is 17.9 Å². The van der Waals surface area contributed by atoms with Gasteiger partial charge in [0.05, 0.1) is 19.8 Å². The van der Waals surface area contributed by atoms with Crippen molar-refractivity contribution in [2.24, 2.45) is 0 Å². The fraction of sp³-hybridized carbons (Fsp3) is 0.304. The van der Waals surface area contributed by atoms with Crippen molar-refractivity contribution in [2.45, 2.75) is 26.3 Å². The monoisotopic (exact) mass is 396 g/mol. The molecule has 154 valence electrons. The van der Waals surface area contributed by atoms with Crippen molar-refractivity contribution in [2.75, 3.05) is 20.8 Å². The Morgan fingerprint density at radius 1 is 1.10 bits per heavy atom. The molecule has 2 rings (SSSR count). The van der Waals surface area contributed by atoms with E-state index in [9.17, 15) is 9.59 Å². The molecule has 0 saturated carbocycles. The topological polar surface area (TPSA) is 76.7 Å². The Kier molecular flexibility index (Phi) is 8.27. The Hall–Kier alpha value is -3.28. The van der Waals surface area contributed by atoms with E-state index in [1.165, 1.54) is 6.08 Å². The summed E-state index contributed by atoms with van der Waals surface area (Å²) in [6.45, 7) is 4.57. The van der Waals surface area contributed by atoms with Gasteiger partial charge in [-0.3, -0.25) is 9.59 Å². The van der Waals surface area contributed by atoms with Crippen molar-refractivity contribution < 1.29 is 19.1 Å². The Labute approximate surface area is 171 Å². The van der Waals surface area contributed by atoms with Gasteiger partial charge in [0.2, 0.25) is 5.91 Å². The number of carbonyl (C=O) groups excluding carboxylic acids is 2. The molecule has 0 aliphatic carbocycles. The van der Waals surface area contributed by atoms with E-state index >= 15 is 0 Å². The van der Waals surface area contributed by atoms with E-state index in [1.54, 1.807) is 44.5 Å². The number of methoxy groups -OCH3 is 1. The molecule has 6 heteroatoms. The number of amides is 2. The molecular weight excluding hydrogens is 368 g/mol. The minimum absolute atomic E-state index is 0.145. The van der Waals surface area contributed by atoms with E-state index in [0.29, 0.717) is 23.7 Å². The largest absolute Gasteiger partial charge is 0.493 e. The van der Waals surface area contributed by atoms with Crippen LogP contribution in [0.1, 0.15) is 47.8 Å². The van der Waals surface area contributed by atoms with Gasteiger partial charge >= 0.3 is 0 Å². The van der Waals surface area contributed by atoms with Crippen LogP contribution in [0.5, 0.6) is 11.5 Å². The minimum atomic E-state index is -0.210.